The van der Waals surface area contributed by atoms with E-state index in [4.69, 9.17) is 0 Å². The molecule has 0 aliphatic heterocycles. The Hall–Kier alpha value is -0.640. The first kappa shape index (κ1) is 6.48. The lowest BCUT2D eigenvalue weighted by Crippen LogP contribution is -1.84. The van der Waals surface area contributed by atoms with Gasteiger partial charge in [0.05, 0.1) is 0 Å². The van der Waals surface area contributed by atoms with Crippen molar-refractivity contribution in [1.82, 2.24) is 4.37 Å². The second kappa shape index (κ2) is 2.77. The van der Waals surface area contributed by atoms with Crippen molar-refractivity contribution < 1.29 is 4.42 Å². The molecule has 0 bridgehead atoms. The van der Waals surface area contributed by atoms with Crippen LogP contribution < -0.4 is 4.94 Å². The summed E-state index contributed by atoms with van der Waals surface area (Å²) in [6, 6.07) is 0. The fraction of sp³-hybridized carbons (Fsp3) is 0.600. The number of rotatable bonds is 2. The van der Waals surface area contributed by atoms with Crippen LogP contribution >= 0.6 is 11.5 Å². The Morgan fingerprint density at radius 2 is 2.56 bits per heavy atom. The van der Waals surface area contributed by atoms with Gasteiger partial charge in [0.1, 0.15) is 0 Å². The molecule has 1 rings (SSSR count). The Bertz CT molecular complexity index is 227. The van der Waals surface area contributed by atoms with E-state index in [0.29, 0.717) is 5.89 Å². The standard InChI is InChI=1S/C5H7NO2S/c1-2-3-4-6-9-5(7)8-4/h2-3H2,1H3. The van der Waals surface area contributed by atoms with Gasteiger partial charge in [0.25, 0.3) is 0 Å². The Morgan fingerprint density at radius 3 is 3.00 bits per heavy atom. The third kappa shape index (κ3) is 1.64. The van der Waals surface area contributed by atoms with Gasteiger partial charge in [0, 0.05) is 18.0 Å². The van der Waals surface area contributed by atoms with Crippen molar-refractivity contribution in [1.29, 1.82) is 0 Å². The van der Waals surface area contributed by atoms with Crippen molar-refractivity contribution in [3.63, 3.8) is 0 Å². The van der Waals surface area contributed by atoms with Crippen LogP contribution in [0, 0.1) is 0 Å². The quantitative estimate of drug-likeness (QED) is 0.624. The summed E-state index contributed by atoms with van der Waals surface area (Å²) >= 11 is 0.872. The number of nitrogens with zero attached hydrogens (tertiary/aromatic N) is 1. The highest BCUT2D eigenvalue weighted by Gasteiger charge is 1.97. The summed E-state index contributed by atoms with van der Waals surface area (Å²) in [5.74, 6) is 0.563. The minimum atomic E-state index is -0.307. The number of aryl methyl sites for hydroxylation is 1. The molecule has 3 nitrogen and oxygen atoms in total. The molecule has 0 spiro atoms. The lowest BCUT2D eigenvalue weighted by molar-refractivity contribution is 0.466. The lowest BCUT2D eigenvalue weighted by atomic mass is 10.3. The number of hydrogen-bond acceptors (Lipinski definition) is 4. The third-order valence-electron chi connectivity index (χ3n) is 0.887. The fourth-order valence-corrected chi connectivity index (χ4v) is 0.971. The Balaban J connectivity index is 2.73. The van der Waals surface area contributed by atoms with Gasteiger partial charge in [0.15, 0.2) is 0 Å². The van der Waals surface area contributed by atoms with Crippen LogP contribution in [0.5, 0.6) is 0 Å². The summed E-state index contributed by atoms with van der Waals surface area (Å²) in [5, 5.41) is 0. The highest BCUT2D eigenvalue weighted by Crippen LogP contribution is 1.96. The van der Waals surface area contributed by atoms with Gasteiger partial charge in [-0.1, -0.05) is 6.92 Å². The minimum Gasteiger partial charge on any atom is -0.399 e. The molecule has 0 amide bonds. The van der Waals surface area contributed by atoms with Gasteiger partial charge in [0.2, 0.25) is 5.89 Å². The van der Waals surface area contributed by atoms with Gasteiger partial charge in [-0.2, -0.15) is 4.37 Å². The van der Waals surface area contributed by atoms with Crippen LogP contribution in [0.3, 0.4) is 0 Å². The summed E-state index contributed by atoms with van der Waals surface area (Å²) < 4.78 is 8.44. The molecule has 0 N–H and O–H groups in total. The van der Waals surface area contributed by atoms with Crippen LogP contribution in [0.25, 0.3) is 0 Å². The van der Waals surface area contributed by atoms with E-state index < -0.39 is 0 Å². The van der Waals surface area contributed by atoms with Crippen molar-refractivity contribution in [2.24, 2.45) is 0 Å². The first-order valence-corrected chi connectivity index (χ1v) is 3.56. The van der Waals surface area contributed by atoms with E-state index in [1.54, 1.807) is 0 Å². The number of hydrogen-bond donors (Lipinski definition) is 0. The molecule has 0 unspecified atom stereocenters. The monoisotopic (exact) mass is 145 g/mol. The van der Waals surface area contributed by atoms with Crippen molar-refractivity contribution in [2.75, 3.05) is 0 Å². The van der Waals surface area contributed by atoms with E-state index in [1.807, 2.05) is 6.92 Å². The van der Waals surface area contributed by atoms with Crippen molar-refractivity contribution >= 4 is 11.5 Å². The molecule has 50 valence electrons. The minimum absolute atomic E-state index is 0.307. The normalized spacial score (nSPS) is 9.89. The smallest absolute Gasteiger partial charge is 0.399 e. The maximum absolute atomic E-state index is 10.4. The van der Waals surface area contributed by atoms with E-state index in [2.05, 4.69) is 8.79 Å². The molecule has 0 fully saturated rings. The average molecular weight is 145 g/mol. The Kier molecular flexibility index (Phi) is 2.00. The summed E-state index contributed by atoms with van der Waals surface area (Å²) in [4.78, 5) is 10.0. The van der Waals surface area contributed by atoms with E-state index in [0.717, 1.165) is 24.4 Å². The zero-order valence-corrected chi connectivity index (χ0v) is 5.90. The van der Waals surface area contributed by atoms with Crippen LogP contribution in [0.1, 0.15) is 19.2 Å². The van der Waals surface area contributed by atoms with Crippen LogP contribution in [-0.2, 0) is 6.42 Å². The molecule has 0 aliphatic carbocycles. The van der Waals surface area contributed by atoms with E-state index in [9.17, 15) is 4.79 Å². The molecule has 9 heavy (non-hydrogen) atoms. The molecule has 0 aliphatic rings. The van der Waals surface area contributed by atoms with Crippen molar-refractivity contribution in [3.8, 4) is 0 Å². The summed E-state index contributed by atoms with van der Waals surface area (Å²) in [6.45, 7) is 2.01. The molecule has 0 radical (unpaired) electrons. The zero-order chi connectivity index (χ0) is 6.69. The maximum Gasteiger partial charge on any atom is 0.414 e. The topological polar surface area (TPSA) is 43.1 Å². The Labute approximate surface area is 56.5 Å². The third-order valence-corrected chi connectivity index (χ3v) is 1.41. The molecule has 1 aromatic heterocycles. The highest BCUT2D eigenvalue weighted by molar-refractivity contribution is 7.02. The van der Waals surface area contributed by atoms with Crippen LogP contribution in [0.4, 0.5) is 0 Å². The molecule has 4 heteroatoms. The molecular weight excluding hydrogens is 138 g/mol. The fourth-order valence-electron chi connectivity index (χ4n) is 0.532. The number of aromatic nitrogens is 1. The second-order valence-corrected chi connectivity index (χ2v) is 2.38. The first-order valence-electron chi connectivity index (χ1n) is 2.78. The molecule has 0 atom stereocenters. The predicted molar refractivity (Wildman–Crippen MR) is 34.6 cm³/mol. The van der Waals surface area contributed by atoms with E-state index >= 15 is 0 Å². The van der Waals surface area contributed by atoms with Crippen molar-refractivity contribution in [2.45, 2.75) is 19.8 Å². The summed E-state index contributed by atoms with van der Waals surface area (Å²) in [7, 11) is 0. The van der Waals surface area contributed by atoms with Gasteiger partial charge in [-0.3, -0.25) is 0 Å². The molecule has 0 aromatic carbocycles. The van der Waals surface area contributed by atoms with Gasteiger partial charge < -0.3 is 4.42 Å². The maximum atomic E-state index is 10.4. The second-order valence-electron chi connectivity index (χ2n) is 1.68. The summed E-state index contributed by atoms with van der Waals surface area (Å²) in [5.41, 5.74) is 0. The SMILES string of the molecule is CCCc1nsc(=O)o1. The van der Waals surface area contributed by atoms with Crippen LogP contribution in [0.2, 0.25) is 0 Å². The van der Waals surface area contributed by atoms with Gasteiger partial charge in [-0.25, -0.2) is 4.79 Å². The molecular formula is C5H7NO2S. The van der Waals surface area contributed by atoms with Crippen LogP contribution in [0.15, 0.2) is 9.21 Å². The molecule has 1 heterocycles. The molecule has 0 saturated carbocycles. The largest absolute Gasteiger partial charge is 0.414 e. The average Bonchev–Trinajstić information content (AvgIpc) is 2.17. The highest BCUT2D eigenvalue weighted by atomic mass is 32.1. The Morgan fingerprint density at radius 1 is 1.78 bits per heavy atom. The van der Waals surface area contributed by atoms with Gasteiger partial charge in [-0.15, -0.1) is 0 Å². The van der Waals surface area contributed by atoms with Crippen molar-refractivity contribution in [3.05, 3.63) is 15.6 Å². The van der Waals surface area contributed by atoms with Crippen LogP contribution in [-0.4, -0.2) is 4.37 Å². The van der Waals surface area contributed by atoms with Gasteiger partial charge >= 0.3 is 4.94 Å². The lowest BCUT2D eigenvalue weighted by Gasteiger charge is -1.82. The van der Waals surface area contributed by atoms with E-state index in [-0.39, 0.29) is 4.94 Å². The first-order chi connectivity index (χ1) is 4.33. The van der Waals surface area contributed by atoms with E-state index in [1.165, 1.54) is 0 Å². The molecule has 1 aromatic rings. The predicted octanol–water partition coefficient (Wildman–Crippen LogP) is 1.05. The van der Waals surface area contributed by atoms with Gasteiger partial charge in [-0.05, 0) is 6.42 Å². The molecule has 0 saturated heterocycles. The zero-order valence-electron chi connectivity index (χ0n) is 5.09. The summed E-state index contributed by atoms with van der Waals surface area (Å²) in [6.07, 6.45) is 1.73.